The molecule has 0 aliphatic rings. The summed E-state index contributed by atoms with van der Waals surface area (Å²) in [5.74, 6) is 0.379. The monoisotopic (exact) mass is 298 g/mol. The van der Waals surface area contributed by atoms with Crippen LogP contribution in [0.15, 0.2) is 18.2 Å². The van der Waals surface area contributed by atoms with Crippen LogP contribution >= 0.6 is 11.6 Å². The van der Waals surface area contributed by atoms with E-state index in [-0.39, 0.29) is 18.0 Å². The van der Waals surface area contributed by atoms with Gasteiger partial charge in [-0.15, -0.1) is 0 Å². The molecule has 0 heterocycles. The Hall–Kier alpha value is -1.26. The van der Waals surface area contributed by atoms with E-state index in [2.05, 4.69) is 5.32 Å². The number of carbonyl (C=O) groups is 1. The molecule has 1 aromatic carbocycles. The van der Waals surface area contributed by atoms with Crippen LogP contribution in [0.1, 0.15) is 33.3 Å². The highest BCUT2D eigenvalue weighted by Crippen LogP contribution is 2.30. The molecule has 1 rings (SSSR count). The van der Waals surface area contributed by atoms with Crippen LogP contribution in [0.2, 0.25) is 5.02 Å². The maximum atomic E-state index is 11.9. The molecule has 5 heteroatoms. The Labute approximate surface area is 125 Å². The average Bonchev–Trinajstić information content (AvgIpc) is 2.31. The molecule has 0 aliphatic heterocycles. The van der Waals surface area contributed by atoms with Gasteiger partial charge in [0.2, 0.25) is 0 Å². The molecule has 3 N–H and O–H groups in total. The Balaban J connectivity index is 2.87. The molecule has 0 saturated carbocycles. The normalized spacial score (nSPS) is 13.9. The van der Waals surface area contributed by atoms with Crippen molar-refractivity contribution in [2.45, 2.75) is 52.3 Å². The van der Waals surface area contributed by atoms with Gasteiger partial charge in [-0.05, 0) is 45.7 Å². The molecule has 0 saturated heterocycles. The average molecular weight is 299 g/mol. The van der Waals surface area contributed by atoms with Crippen LogP contribution in [-0.4, -0.2) is 24.1 Å². The maximum absolute atomic E-state index is 11.9. The lowest BCUT2D eigenvalue weighted by molar-refractivity contribution is -0.127. The van der Waals surface area contributed by atoms with Crippen LogP contribution in [0.5, 0.6) is 5.75 Å². The van der Waals surface area contributed by atoms with E-state index in [4.69, 9.17) is 22.1 Å². The lowest BCUT2D eigenvalue weighted by atomic mass is 10.1. The zero-order chi connectivity index (χ0) is 15.3. The van der Waals surface area contributed by atoms with Crippen molar-refractivity contribution in [1.82, 2.24) is 5.32 Å². The van der Waals surface area contributed by atoms with Gasteiger partial charge in [0.05, 0.1) is 5.02 Å². The van der Waals surface area contributed by atoms with Gasteiger partial charge in [-0.25, -0.2) is 0 Å². The van der Waals surface area contributed by atoms with Crippen molar-refractivity contribution in [2.24, 2.45) is 5.73 Å². The maximum Gasteiger partial charge on any atom is 0.260 e. The predicted molar refractivity (Wildman–Crippen MR) is 82.2 cm³/mol. The number of benzene rings is 1. The molecule has 0 aromatic heterocycles. The van der Waals surface area contributed by atoms with Gasteiger partial charge in [0.1, 0.15) is 5.75 Å². The van der Waals surface area contributed by atoms with Crippen molar-refractivity contribution >= 4 is 17.5 Å². The highest BCUT2D eigenvalue weighted by molar-refractivity contribution is 6.32. The van der Waals surface area contributed by atoms with Crippen LogP contribution in [-0.2, 0) is 11.2 Å². The number of nitrogens with one attached hydrogen (secondary N) is 1. The van der Waals surface area contributed by atoms with Crippen molar-refractivity contribution in [2.75, 3.05) is 0 Å². The third-order valence-corrected chi connectivity index (χ3v) is 2.98. The zero-order valence-electron chi connectivity index (χ0n) is 12.4. The van der Waals surface area contributed by atoms with Crippen LogP contribution in [0.3, 0.4) is 0 Å². The highest BCUT2D eigenvalue weighted by Gasteiger charge is 2.19. The molecular formula is C15H23ClN2O2. The predicted octanol–water partition coefficient (Wildman–Crippen LogP) is 2.52. The van der Waals surface area contributed by atoms with Crippen molar-refractivity contribution in [1.29, 1.82) is 0 Å². The Morgan fingerprint density at radius 3 is 2.55 bits per heavy atom. The zero-order valence-corrected chi connectivity index (χ0v) is 13.2. The molecule has 0 spiro atoms. The molecule has 20 heavy (non-hydrogen) atoms. The lowest BCUT2D eigenvalue weighted by Crippen LogP contribution is -2.40. The van der Waals surface area contributed by atoms with Gasteiger partial charge in [-0.2, -0.15) is 0 Å². The number of amides is 1. The van der Waals surface area contributed by atoms with Gasteiger partial charge < -0.3 is 15.8 Å². The molecule has 4 nitrogen and oxygen atoms in total. The Kier molecular flexibility index (Phi) is 6.30. The van der Waals surface area contributed by atoms with Gasteiger partial charge in [0.25, 0.3) is 5.91 Å². The molecule has 0 aliphatic carbocycles. The van der Waals surface area contributed by atoms with Crippen molar-refractivity contribution in [3.05, 3.63) is 28.8 Å². The number of ether oxygens (including phenoxy) is 1. The summed E-state index contributed by atoms with van der Waals surface area (Å²) in [4.78, 5) is 11.9. The van der Waals surface area contributed by atoms with Gasteiger partial charge >= 0.3 is 0 Å². The van der Waals surface area contributed by atoms with E-state index in [1.54, 1.807) is 13.0 Å². The third-order valence-electron chi connectivity index (χ3n) is 2.69. The standard InChI is InChI=1S/C15H23ClN2O2/c1-9(2)18-15(19)11(4)20-14-12(8-10(3)17)6-5-7-13(14)16/h5-7,9-11H,8,17H2,1-4H3,(H,18,19). The molecule has 2 unspecified atom stereocenters. The number of nitrogens with two attached hydrogens (primary N) is 1. The van der Waals surface area contributed by atoms with Gasteiger partial charge in [0.15, 0.2) is 6.10 Å². The summed E-state index contributed by atoms with van der Waals surface area (Å²) in [5.41, 5.74) is 6.74. The van der Waals surface area contributed by atoms with E-state index < -0.39 is 6.10 Å². The first kappa shape index (κ1) is 16.8. The smallest absolute Gasteiger partial charge is 0.260 e. The third kappa shape index (κ3) is 5.02. The summed E-state index contributed by atoms with van der Waals surface area (Å²) in [6.45, 7) is 7.43. The quantitative estimate of drug-likeness (QED) is 0.848. The Morgan fingerprint density at radius 1 is 1.35 bits per heavy atom. The first-order valence-corrected chi connectivity index (χ1v) is 7.19. The van der Waals surface area contributed by atoms with Gasteiger partial charge in [-0.3, -0.25) is 4.79 Å². The highest BCUT2D eigenvalue weighted by atomic mass is 35.5. The van der Waals surface area contributed by atoms with Crippen molar-refractivity contribution in [3.63, 3.8) is 0 Å². The molecule has 0 bridgehead atoms. The topological polar surface area (TPSA) is 64.3 Å². The molecule has 1 amide bonds. The summed E-state index contributed by atoms with van der Waals surface area (Å²) in [6.07, 6.45) is 0.0399. The molecule has 0 fully saturated rings. The van der Waals surface area contributed by atoms with E-state index in [9.17, 15) is 4.79 Å². The SMILES string of the molecule is CC(N)Cc1cccc(Cl)c1OC(C)C(=O)NC(C)C. The number of rotatable bonds is 6. The number of para-hydroxylation sites is 1. The summed E-state index contributed by atoms with van der Waals surface area (Å²) in [5, 5.41) is 3.30. The first-order chi connectivity index (χ1) is 9.31. The molecule has 1 aromatic rings. The van der Waals surface area contributed by atoms with Crippen molar-refractivity contribution < 1.29 is 9.53 Å². The van der Waals surface area contributed by atoms with E-state index in [0.717, 1.165) is 5.56 Å². The lowest BCUT2D eigenvalue weighted by Gasteiger charge is -2.20. The largest absolute Gasteiger partial charge is 0.479 e. The minimum atomic E-state index is -0.607. The molecule has 2 atom stereocenters. The summed E-state index contributed by atoms with van der Waals surface area (Å²) < 4.78 is 5.74. The number of hydrogen-bond donors (Lipinski definition) is 2. The first-order valence-electron chi connectivity index (χ1n) is 6.81. The van der Waals surface area contributed by atoms with E-state index >= 15 is 0 Å². The minimum Gasteiger partial charge on any atom is -0.479 e. The summed E-state index contributed by atoms with van der Waals surface area (Å²) >= 11 is 6.17. The molecule has 0 radical (unpaired) electrons. The van der Waals surface area contributed by atoms with Crippen molar-refractivity contribution in [3.8, 4) is 5.75 Å². The van der Waals surface area contributed by atoms with E-state index in [1.165, 1.54) is 0 Å². The summed E-state index contributed by atoms with van der Waals surface area (Å²) in [7, 11) is 0. The minimum absolute atomic E-state index is 0.00406. The number of hydrogen-bond acceptors (Lipinski definition) is 3. The second-order valence-corrected chi connectivity index (χ2v) is 5.74. The molecule has 112 valence electrons. The fourth-order valence-corrected chi connectivity index (χ4v) is 2.06. The fourth-order valence-electron chi connectivity index (χ4n) is 1.83. The van der Waals surface area contributed by atoms with Gasteiger partial charge in [0, 0.05) is 12.1 Å². The van der Waals surface area contributed by atoms with Crippen LogP contribution in [0.4, 0.5) is 0 Å². The Morgan fingerprint density at radius 2 is 2.00 bits per heavy atom. The fraction of sp³-hybridized carbons (Fsp3) is 0.533. The van der Waals surface area contributed by atoms with Gasteiger partial charge in [-0.1, -0.05) is 23.7 Å². The number of carbonyl (C=O) groups excluding carboxylic acids is 1. The van der Waals surface area contributed by atoms with Crippen LogP contribution < -0.4 is 15.8 Å². The Bertz CT molecular complexity index is 461. The second-order valence-electron chi connectivity index (χ2n) is 5.33. The number of halogens is 1. The van der Waals surface area contributed by atoms with Crippen LogP contribution in [0, 0.1) is 0 Å². The summed E-state index contributed by atoms with van der Waals surface area (Å²) in [6, 6.07) is 5.58. The van der Waals surface area contributed by atoms with Crippen LogP contribution in [0.25, 0.3) is 0 Å². The second kappa shape index (κ2) is 7.50. The molecular weight excluding hydrogens is 276 g/mol. The van der Waals surface area contributed by atoms with E-state index in [0.29, 0.717) is 17.2 Å². The van der Waals surface area contributed by atoms with E-state index in [1.807, 2.05) is 32.9 Å².